The maximum absolute atomic E-state index is 5.45. The first kappa shape index (κ1) is 12.9. The molecule has 2 heteroatoms. The maximum Gasteiger partial charge on any atom is 0.0591 e. The van der Waals surface area contributed by atoms with Crippen LogP contribution in [0.3, 0.4) is 0 Å². The number of unbranched alkanes of at least 4 members (excludes halogenated alkanes) is 1. The van der Waals surface area contributed by atoms with Crippen molar-refractivity contribution in [2.24, 2.45) is 0 Å². The number of ether oxygens (including phenoxy) is 1. The van der Waals surface area contributed by atoms with Crippen LogP contribution in [0.25, 0.3) is 0 Å². The summed E-state index contributed by atoms with van der Waals surface area (Å²) in [5.41, 5.74) is 0.258. The lowest BCUT2D eigenvalue weighted by atomic mass is 10.0. The van der Waals surface area contributed by atoms with E-state index in [2.05, 4.69) is 33.0 Å². The molecule has 0 aliphatic carbocycles. The van der Waals surface area contributed by atoms with Gasteiger partial charge in [-0.3, -0.25) is 0 Å². The van der Waals surface area contributed by atoms with Crippen molar-refractivity contribution in [2.45, 2.75) is 52.5 Å². The Bertz CT molecular complexity index is 113. The van der Waals surface area contributed by atoms with Crippen molar-refractivity contribution in [2.75, 3.05) is 19.8 Å². The SMILES string of the molecule is CCCCOCCNC(C)(C)CC. The lowest BCUT2D eigenvalue weighted by Crippen LogP contribution is -2.40. The van der Waals surface area contributed by atoms with Crippen LogP contribution in [-0.2, 0) is 4.74 Å². The molecule has 0 atom stereocenters. The van der Waals surface area contributed by atoms with Gasteiger partial charge < -0.3 is 10.1 Å². The molecule has 0 heterocycles. The summed E-state index contributed by atoms with van der Waals surface area (Å²) in [6.45, 7) is 11.5. The predicted octanol–water partition coefficient (Wildman–Crippen LogP) is 2.58. The molecule has 1 N–H and O–H groups in total. The van der Waals surface area contributed by atoms with Crippen molar-refractivity contribution in [1.29, 1.82) is 0 Å². The smallest absolute Gasteiger partial charge is 0.0591 e. The van der Waals surface area contributed by atoms with E-state index in [9.17, 15) is 0 Å². The molecule has 0 saturated carbocycles. The molecule has 2 nitrogen and oxygen atoms in total. The summed E-state index contributed by atoms with van der Waals surface area (Å²) in [5, 5.41) is 3.46. The van der Waals surface area contributed by atoms with Gasteiger partial charge in [0.05, 0.1) is 6.61 Å². The van der Waals surface area contributed by atoms with Gasteiger partial charge in [-0.2, -0.15) is 0 Å². The molecule has 0 spiro atoms. The molecule has 0 radical (unpaired) electrons. The molecular weight excluding hydrogens is 162 g/mol. The van der Waals surface area contributed by atoms with Crippen molar-refractivity contribution >= 4 is 0 Å². The fourth-order valence-electron chi connectivity index (χ4n) is 0.935. The summed E-state index contributed by atoms with van der Waals surface area (Å²) in [7, 11) is 0. The second-order valence-electron chi connectivity index (χ2n) is 4.13. The van der Waals surface area contributed by atoms with E-state index in [0.717, 1.165) is 26.2 Å². The Kier molecular flexibility index (Phi) is 7.29. The van der Waals surface area contributed by atoms with E-state index in [0.29, 0.717) is 0 Å². The van der Waals surface area contributed by atoms with Gasteiger partial charge in [-0.15, -0.1) is 0 Å². The Morgan fingerprint density at radius 3 is 2.38 bits per heavy atom. The summed E-state index contributed by atoms with van der Waals surface area (Å²) >= 11 is 0. The third-order valence-electron chi connectivity index (χ3n) is 2.38. The van der Waals surface area contributed by atoms with Crippen LogP contribution in [0.5, 0.6) is 0 Å². The molecule has 13 heavy (non-hydrogen) atoms. The van der Waals surface area contributed by atoms with Gasteiger partial charge in [0, 0.05) is 18.7 Å². The highest BCUT2D eigenvalue weighted by atomic mass is 16.5. The van der Waals surface area contributed by atoms with Crippen molar-refractivity contribution < 1.29 is 4.74 Å². The van der Waals surface area contributed by atoms with E-state index < -0.39 is 0 Å². The number of nitrogens with one attached hydrogen (secondary N) is 1. The molecule has 0 amide bonds. The normalized spacial score (nSPS) is 12.0. The summed E-state index contributed by atoms with van der Waals surface area (Å²) in [5.74, 6) is 0. The van der Waals surface area contributed by atoms with Gasteiger partial charge in [-0.25, -0.2) is 0 Å². The first-order chi connectivity index (χ1) is 6.12. The van der Waals surface area contributed by atoms with Crippen LogP contribution in [0.4, 0.5) is 0 Å². The molecule has 0 bridgehead atoms. The lowest BCUT2D eigenvalue weighted by Gasteiger charge is -2.24. The van der Waals surface area contributed by atoms with Gasteiger partial charge in [0.2, 0.25) is 0 Å². The summed E-state index contributed by atoms with van der Waals surface area (Å²) < 4.78 is 5.45. The third-order valence-corrected chi connectivity index (χ3v) is 2.38. The second kappa shape index (κ2) is 7.34. The third kappa shape index (κ3) is 8.26. The van der Waals surface area contributed by atoms with E-state index in [1.54, 1.807) is 0 Å². The second-order valence-corrected chi connectivity index (χ2v) is 4.13. The largest absolute Gasteiger partial charge is 0.380 e. The molecule has 0 aromatic carbocycles. The van der Waals surface area contributed by atoms with Crippen LogP contribution in [-0.4, -0.2) is 25.3 Å². The zero-order valence-corrected chi connectivity index (χ0v) is 9.65. The van der Waals surface area contributed by atoms with Gasteiger partial charge in [-0.05, 0) is 26.7 Å². The average Bonchev–Trinajstić information content (AvgIpc) is 2.11. The van der Waals surface area contributed by atoms with Gasteiger partial charge >= 0.3 is 0 Å². The van der Waals surface area contributed by atoms with E-state index in [1.165, 1.54) is 12.8 Å². The van der Waals surface area contributed by atoms with Gasteiger partial charge in [0.25, 0.3) is 0 Å². The maximum atomic E-state index is 5.45. The van der Waals surface area contributed by atoms with Crippen molar-refractivity contribution in [3.05, 3.63) is 0 Å². The minimum Gasteiger partial charge on any atom is -0.380 e. The molecule has 0 aliphatic heterocycles. The quantitative estimate of drug-likeness (QED) is 0.590. The fraction of sp³-hybridized carbons (Fsp3) is 1.00. The van der Waals surface area contributed by atoms with Crippen LogP contribution >= 0.6 is 0 Å². The standard InChI is InChI=1S/C11H25NO/c1-5-7-9-13-10-8-12-11(3,4)6-2/h12H,5-10H2,1-4H3. The van der Waals surface area contributed by atoms with E-state index >= 15 is 0 Å². The minimum atomic E-state index is 0.258. The Labute approximate surface area is 83.1 Å². The lowest BCUT2D eigenvalue weighted by molar-refractivity contribution is 0.127. The highest BCUT2D eigenvalue weighted by Gasteiger charge is 2.12. The van der Waals surface area contributed by atoms with E-state index in [4.69, 9.17) is 4.74 Å². The van der Waals surface area contributed by atoms with Crippen LogP contribution in [0.15, 0.2) is 0 Å². The van der Waals surface area contributed by atoms with E-state index in [1.807, 2.05) is 0 Å². The van der Waals surface area contributed by atoms with Gasteiger partial charge in [0.1, 0.15) is 0 Å². The predicted molar refractivity (Wildman–Crippen MR) is 58.1 cm³/mol. The highest BCUT2D eigenvalue weighted by molar-refractivity contribution is 4.74. The molecular formula is C11H25NO. The van der Waals surface area contributed by atoms with Crippen molar-refractivity contribution in [3.8, 4) is 0 Å². The molecule has 0 aliphatic rings. The van der Waals surface area contributed by atoms with Crippen molar-refractivity contribution in [3.63, 3.8) is 0 Å². The van der Waals surface area contributed by atoms with Crippen LogP contribution in [0.2, 0.25) is 0 Å². The average molecular weight is 187 g/mol. The number of rotatable bonds is 8. The summed E-state index contributed by atoms with van der Waals surface area (Å²) in [6, 6.07) is 0. The topological polar surface area (TPSA) is 21.3 Å². The van der Waals surface area contributed by atoms with Crippen LogP contribution < -0.4 is 5.32 Å². The molecule has 0 unspecified atom stereocenters. The Morgan fingerprint density at radius 2 is 1.85 bits per heavy atom. The Balaban J connectivity index is 3.16. The Hall–Kier alpha value is -0.0800. The van der Waals surface area contributed by atoms with Crippen LogP contribution in [0.1, 0.15) is 47.0 Å². The van der Waals surface area contributed by atoms with E-state index in [-0.39, 0.29) is 5.54 Å². The fourth-order valence-corrected chi connectivity index (χ4v) is 0.935. The number of hydrogen-bond donors (Lipinski definition) is 1. The summed E-state index contributed by atoms with van der Waals surface area (Å²) in [4.78, 5) is 0. The molecule has 0 fully saturated rings. The minimum absolute atomic E-state index is 0.258. The molecule has 0 rings (SSSR count). The van der Waals surface area contributed by atoms with Gasteiger partial charge in [0.15, 0.2) is 0 Å². The first-order valence-corrected chi connectivity index (χ1v) is 5.45. The molecule has 0 aromatic rings. The first-order valence-electron chi connectivity index (χ1n) is 5.45. The number of hydrogen-bond acceptors (Lipinski definition) is 2. The highest BCUT2D eigenvalue weighted by Crippen LogP contribution is 2.05. The zero-order valence-electron chi connectivity index (χ0n) is 9.65. The van der Waals surface area contributed by atoms with Crippen LogP contribution in [0, 0.1) is 0 Å². The zero-order chi connectivity index (χ0) is 10.2. The van der Waals surface area contributed by atoms with Gasteiger partial charge in [-0.1, -0.05) is 20.3 Å². The molecule has 0 saturated heterocycles. The molecule has 80 valence electrons. The van der Waals surface area contributed by atoms with Crippen molar-refractivity contribution in [1.82, 2.24) is 5.32 Å². The Morgan fingerprint density at radius 1 is 1.15 bits per heavy atom. The summed E-state index contributed by atoms with van der Waals surface area (Å²) in [6.07, 6.45) is 3.55. The molecule has 0 aromatic heterocycles. The monoisotopic (exact) mass is 187 g/mol.